The van der Waals surface area contributed by atoms with Crippen molar-refractivity contribution in [2.75, 3.05) is 20.2 Å². The fourth-order valence-electron chi connectivity index (χ4n) is 2.12. The van der Waals surface area contributed by atoms with E-state index in [4.69, 9.17) is 4.74 Å². The monoisotopic (exact) mass is 211 g/mol. The van der Waals surface area contributed by atoms with Crippen LogP contribution in [0.1, 0.15) is 25.7 Å². The molecule has 0 N–H and O–H groups in total. The number of hydrogen-bond donors (Lipinski definition) is 0. The highest BCUT2D eigenvalue weighted by Crippen LogP contribution is 2.32. The van der Waals surface area contributed by atoms with Gasteiger partial charge in [0.05, 0.1) is 13.0 Å². The Morgan fingerprint density at radius 1 is 1.20 bits per heavy atom. The normalized spacial score (nSPS) is 26.2. The maximum atomic E-state index is 11.8. The fourth-order valence-corrected chi connectivity index (χ4v) is 2.12. The van der Waals surface area contributed by atoms with Gasteiger partial charge in [0, 0.05) is 19.0 Å². The second-order valence-corrected chi connectivity index (χ2v) is 4.42. The van der Waals surface area contributed by atoms with E-state index in [-0.39, 0.29) is 23.7 Å². The van der Waals surface area contributed by atoms with E-state index in [1.165, 1.54) is 7.11 Å². The van der Waals surface area contributed by atoms with Gasteiger partial charge in [0.1, 0.15) is 0 Å². The van der Waals surface area contributed by atoms with Crippen LogP contribution >= 0.6 is 0 Å². The summed E-state index contributed by atoms with van der Waals surface area (Å²) < 4.78 is 4.72. The molecule has 1 amide bonds. The maximum Gasteiger partial charge on any atom is 0.310 e. The van der Waals surface area contributed by atoms with Crippen LogP contribution in [0.3, 0.4) is 0 Å². The summed E-state index contributed by atoms with van der Waals surface area (Å²) in [6.45, 7) is 1.37. The first-order valence-corrected chi connectivity index (χ1v) is 5.59. The SMILES string of the molecule is COC(=O)C1CCCN(C(=O)C2CC2)C1. The van der Waals surface area contributed by atoms with Crippen molar-refractivity contribution in [1.29, 1.82) is 0 Å². The minimum atomic E-state index is -0.178. The predicted octanol–water partition coefficient (Wildman–Crippen LogP) is 0.808. The van der Waals surface area contributed by atoms with Gasteiger partial charge in [0.25, 0.3) is 0 Å². The highest BCUT2D eigenvalue weighted by molar-refractivity contribution is 5.82. The van der Waals surface area contributed by atoms with Crippen molar-refractivity contribution in [3.05, 3.63) is 0 Å². The molecule has 84 valence electrons. The number of hydrogen-bond acceptors (Lipinski definition) is 3. The Labute approximate surface area is 89.6 Å². The number of piperidine rings is 1. The van der Waals surface area contributed by atoms with Gasteiger partial charge in [0.15, 0.2) is 0 Å². The zero-order valence-corrected chi connectivity index (χ0v) is 9.07. The zero-order chi connectivity index (χ0) is 10.8. The molecular formula is C11H17NO3. The molecule has 1 atom stereocenters. The van der Waals surface area contributed by atoms with E-state index in [1.54, 1.807) is 0 Å². The van der Waals surface area contributed by atoms with E-state index in [2.05, 4.69) is 0 Å². The number of rotatable bonds is 2. The minimum absolute atomic E-state index is 0.105. The highest BCUT2D eigenvalue weighted by Gasteiger charge is 2.36. The van der Waals surface area contributed by atoms with Gasteiger partial charge < -0.3 is 9.64 Å². The Morgan fingerprint density at radius 3 is 2.53 bits per heavy atom. The lowest BCUT2D eigenvalue weighted by atomic mass is 9.98. The molecule has 1 aliphatic carbocycles. The molecule has 4 heteroatoms. The molecule has 1 aliphatic heterocycles. The van der Waals surface area contributed by atoms with Crippen molar-refractivity contribution in [2.45, 2.75) is 25.7 Å². The molecule has 2 rings (SSSR count). The van der Waals surface area contributed by atoms with Gasteiger partial charge >= 0.3 is 5.97 Å². The molecule has 1 heterocycles. The van der Waals surface area contributed by atoms with Crippen LogP contribution in [0.25, 0.3) is 0 Å². The Balaban J connectivity index is 1.91. The van der Waals surface area contributed by atoms with Gasteiger partial charge in [-0.1, -0.05) is 0 Å². The number of ether oxygens (including phenoxy) is 1. The van der Waals surface area contributed by atoms with Crippen LogP contribution in [0.2, 0.25) is 0 Å². The van der Waals surface area contributed by atoms with Crippen molar-refractivity contribution < 1.29 is 14.3 Å². The van der Waals surface area contributed by atoms with Gasteiger partial charge in [-0.15, -0.1) is 0 Å². The molecule has 2 aliphatic rings. The molecule has 1 saturated heterocycles. The average molecular weight is 211 g/mol. The predicted molar refractivity (Wildman–Crippen MR) is 54.0 cm³/mol. The van der Waals surface area contributed by atoms with Crippen molar-refractivity contribution >= 4 is 11.9 Å². The number of esters is 1. The van der Waals surface area contributed by atoms with Crippen LogP contribution in [0, 0.1) is 11.8 Å². The number of amides is 1. The molecule has 0 aromatic carbocycles. The van der Waals surface area contributed by atoms with Crippen LogP contribution in [0.15, 0.2) is 0 Å². The summed E-state index contributed by atoms with van der Waals surface area (Å²) in [7, 11) is 1.41. The zero-order valence-electron chi connectivity index (χ0n) is 9.07. The first kappa shape index (κ1) is 10.5. The van der Waals surface area contributed by atoms with Crippen molar-refractivity contribution in [3.8, 4) is 0 Å². The lowest BCUT2D eigenvalue weighted by Gasteiger charge is -2.31. The summed E-state index contributed by atoms with van der Waals surface area (Å²) in [5.74, 6) is 0.208. The topological polar surface area (TPSA) is 46.6 Å². The molecule has 1 unspecified atom stereocenters. The van der Waals surface area contributed by atoms with Crippen molar-refractivity contribution in [3.63, 3.8) is 0 Å². The molecule has 0 bridgehead atoms. The number of nitrogens with zero attached hydrogens (tertiary/aromatic N) is 1. The molecule has 0 radical (unpaired) electrons. The lowest BCUT2D eigenvalue weighted by Crippen LogP contribution is -2.43. The maximum absolute atomic E-state index is 11.8. The van der Waals surface area contributed by atoms with Crippen LogP contribution in [0.5, 0.6) is 0 Å². The van der Waals surface area contributed by atoms with Gasteiger partial charge in [-0.3, -0.25) is 9.59 Å². The van der Waals surface area contributed by atoms with Gasteiger partial charge in [0.2, 0.25) is 5.91 Å². The van der Waals surface area contributed by atoms with E-state index in [0.29, 0.717) is 6.54 Å². The summed E-state index contributed by atoms with van der Waals surface area (Å²) in [4.78, 5) is 25.0. The van der Waals surface area contributed by atoms with E-state index in [0.717, 1.165) is 32.2 Å². The Kier molecular flexibility index (Phi) is 2.93. The van der Waals surface area contributed by atoms with Crippen molar-refractivity contribution in [1.82, 2.24) is 4.90 Å². The summed E-state index contributed by atoms with van der Waals surface area (Å²) in [5, 5.41) is 0. The molecule has 1 saturated carbocycles. The summed E-state index contributed by atoms with van der Waals surface area (Å²) in [5.41, 5.74) is 0. The first-order chi connectivity index (χ1) is 7.22. The summed E-state index contributed by atoms with van der Waals surface area (Å²) in [6.07, 6.45) is 3.82. The van der Waals surface area contributed by atoms with Gasteiger partial charge in [-0.05, 0) is 25.7 Å². The van der Waals surface area contributed by atoms with E-state index in [9.17, 15) is 9.59 Å². The third kappa shape index (κ3) is 2.30. The van der Waals surface area contributed by atoms with Crippen LogP contribution < -0.4 is 0 Å². The second-order valence-electron chi connectivity index (χ2n) is 4.42. The third-order valence-corrected chi connectivity index (χ3v) is 3.19. The summed E-state index contributed by atoms with van der Waals surface area (Å²) >= 11 is 0. The molecular weight excluding hydrogens is 194 g/mol. The number of carbonyl (C=O) groups excluding carboxylic acids is 2. The Hall–Kier alpha value is -1.06. The number of methoxy groups -OCH3 is 1. The molecule has 4 nitrogen and oxygen atoms in total. The Morgan fingerprint density at radius 2 is 1.93 bits per heavy atom. The van der Waals surface area contributed by atoms with Crippen LogP contribution in [-0.2, 0) is 14.3 Å². The average Bonchev–Trinajstić information content (AvgIpc) is 3.11. The van der Waals surface area contributed by atoms with Gasteiger partial charge in [-0.25, -0.2) is 0 Å². The molecule has 0 spiro atoms. The van der Waals surface area contributed by atoms with E-state index < -0.39 is 0 Å². The van der Waals surface area contributed by atoms with E-state index >= 15 is 0 Å². The molecule has 0 aromatic rings. The molecule has 0 aromatic heterocycles. The highest BCUT2D eigenvalue weighted by atomic mass is 16.5. The Bertz CT molecular complexity index is 273. The van der Waals surface area contributed by atoms with E-state index in [1.807, 2.05) is 4.90 Å². The third-order valence-electron chi connectivity index (χ3n) is 3.19. The second kappa shape index (κ2) is 4.21. The number of carbonyl (C=O) groups is 2. The standard InChI is InChI=1S/C11H17NO3/c1-15-11(14)9-3-2-6-12(7-9)10(13)8-4-5-8/h8-9H,2-7H2,1H3. The lowest BCUT2D eigenvalue weighted by molar-refractivity contribution is -0.149. The molecule has 2 fully saturated rings. The smallest absolute Gasteiger partial charge is 0.310 e. The van der Waals surface area contributed by atoms with Crippen LogP contribution in [-0.4, -0.2) is 37.0 Å². The summed E-state index contributed by atoms with van der Waals surface area (Å²) in [6, 6.07) is 0. The minimum Gasteiger partial charge on any atom is -0.469 e. The fraction of sp³-hybridized carbons (Fsp3) is 0.818. The largest absolute Gasteiger partial charge is 0.469 e. The molecule has 15 heavy (non-hydrogen) atoms. The van der Waals surface area contributed by atoms with Crippen molar-refractivity contribution in [2.24, 2.45) is 11.8 Å². The quantitative estimate of drug-likeness (QED) is 0.635. The van der Waals surface area contributed by atoms with Crippen LogP contribution in [0.4, 0.5) is 0 Å². The number of likely N-dealkylation sites (tertiary alicyclic amines) is 1. The van der Waals surface area contributed by atoms with Gasteiger partial charge in [-0.2, -0.15) is 0 Å². The first-order valence-electron chi connectivity index (χ1n) is 5.59.